The molecule has 2 aliphatic carbocycles. The Morgan fingerprint density at radius 3 is 2.78 bits per heavy atom. The minimum atomic E-state index is -0.556. The average Bonchev–Trinajstić information content (AvgIpc) is 3.91. The summed E-state index contributed by atoms with van der Waals surface area (Å²) in [7, 11) is 1.45. The third kappa shape index (κ3) is 4.88. The van der Waals surface area contributed by atoms with Gasteiger partial charge in [-0.15, -0.1) is 0 Å². The molecule has 0 radical (unpaired) electrons. The van der Waals surface area contributed by atoms with Gasteiger partial charge in [0.1, 0.15) is 11.5 Å². The SMILES string of the molecule is COc1cc(-c2cc(C(=O)N3CCC(C(=O)NCc4ncc(N5CCN[C@@H]6C[C@@H]65)cn4)CC34CC4)[nH]n2)c(F)cn1. The molecule has 3 aromatic heterocycles. The molecule has 0 aromatic carbocycles. The van der Waals surface area contributed by atoms with E-state index in [0.717, 1.165) is 44.2 Å². The molecule has 4 fully saturated rings. The van der Waals surface area contributed by atoms with Crippen LogP contribution in [0, 0.1) is 11.7 Å². The summed E-state index contributed by atoms with van der Waals surface area (Å²) >= 11 is 0. The molecule has 3 atom stereocenters. The lowest BCUT2D eigenvalue weighted by Gasteiger charge is -2.39. The number of piperazine rings is 1. The van der Waals surface area contributed by atoms with E-state index >= 15 is 0 Å². The molecule has 3 N–H and O–H groups in total. The van der Waals surface area contributed by atoms with Crippen LogP contribution in [-0.2, 0) is 11.3 Å². The van der Waals surface area contributed by atoms with Gasteiger partial charge in [0, 0.05) is 54.8 Å². The fourth-order valence-corrected chi connectivity index (χ4v) is 6.29. The van der Waals surface area contributed by atoms with Gasteiger partial charge in [0.15, 0.2) is 5.82 Å². The number of methoxy groups -OCH3 is 1. The van der Waals surface area contributed by atoms with Gasteiger partial charge in [-0.2, -0.15) is 5.10 Å². The normalized spacial score (nSPS) is 24.1. The highest BCUT2D eigenvalue weighted by Crippen LogP contribution is 2.50. The minimum Gasteiger partial charge on any atom is -0.481 e. The van der Waals surface area contributed by atoms with Gasteiger partial charge >= 0.3 is 0 Å². The first kappa shape index (κ1) is 25.8. The van der Waals surface area contributed by atoms with Gasteiger partial charge < -0.3 is 25.2 Å². The molecule has 5 heterocycles. The number of hydrogen-bond acceptors (Lipinski definition) is 9. The van der Waals surface area contributed by atoms with E-state index in [1.165, 1.54) is 13.2 Å². The first-order chi connectivity index (χ1) is 19.9. The molecule has 3 aromatic rings. The number of piperidine rings is 1. The van der Waals surface area contributed by atoms with E-state index in [1.807, 2.05) is 17.3 Å². The molecule has 2 aliphatic heterocycles. The summed E-state index contributed by atoms with van der Waals surface area (Å²) in [5, 5.41) is 13.4. The van der Waals surface area contributed by atoms with E-state index in [0.29, 0.717) is 43.0 Å². The van der Waals surface area contributed by atoms with Crippen LogP contribution < -0.4 is 20.3 Å². The van der Waals surface area contributed by atoms with Crippen LogP contribution in [-0.4, -0.2) is 86.2 Å². The van der Waals surface area contributed by atoms with Gasteiger partial charge in [0.25, 0.3) is 5.91 Å². The Morgan fingerprint density at radius 2 is 2.00 bits per heavy atom. The summed E-state index contributed by atoms with van der Waals surface area (Å²) in [6, 6.07) is 4.11. The lowest BCUT2D eigenvalue weighted by molar-refractivity contribution is -0.127. The number of carbonyl (C=O) groups is 2. The second kappa shape index (κ2) is 10.1. The molecule has 13 heteroatoms. The van der Waals surface area contributed by atoms with E-state index < -0.39 is 5.82 Å². The molecular weight excluding hydrogens is 529 g/mol. The monoisotopic (exact) mass is 561 g/mol. The Hall–Kier alpha value is -4.13. The molecular formula is C28H32FN9O3. The Balaban J connectivity index is 0.955. The number of nitrogens with zero attached hydrogens (tertiary/aromatic N) is 6. The van der Waals surface area contributed by atoms with Crippen LogP contribution in [0.15, 0.2) is 30.7 Å². The number of aromatic amines is 1. The highest BCUT2D eigenvalue weighted by molar-refractivity contribution is 5.94. The van der Waals surface area contributed by atoms with Crippen LogP contribution in [0.25, 0.3) is 11.3 Å². The molecule has 2 amide bonds. The van der Waals surface area contributed by atoms with Crippen LogP contribution in [0.1, 0.15) is 48.4 Å². The van der Waals surface area contributed by atoms with E-state index in [2.05, 4.69) is 40.7 Å². The smallest absolute Gasteiger partial charge is 0.272 e. The van der Waals surface area contributed by atoms with Crippen molar-refractivity contribution < 1.29 is 18.7 Å². The van der Waals surface area contributed by atoms with Crippen molar-refractivity contribution in [2.24, 2.45) is 5.92 Å². The number of amides is 2. The number of H-pyrrole nitrogens is 1. The van der Waals surface area contributed by atoms with Crippen LogP contribution in [0.3, 0.4) is 0 Å². The van der Waals surface area contributed by atoms with Gasteiger partial charge in [0.2, 0.25) is 11.8 Å². The van der Waals surface area contributed by atoms with Crippen molar-refractivity contribution in [3.8, 4) is 17.1 Å². The molecule has 41 heavy (non-hydrogen) atoms. The largest absolute Gasteiger partial charge is 0.481 e. The summed E-state index contributed by atoms with van der Waals surface area (Å²) in [5.41, 5.74) is 1.46. The van der Waals surface area contributed by atoms with E-state index in [-0.39, 0.29) is 47.0 Å². The van der Waals surface area contributed by atoms with Gasteiger partial charge in [-0.05, 0) is 38.2 Å². The van der Waals surface area contributed by atoms with Crippen LogP contribution >= 0.6 is 0 Å². The van der Waals surface area contributed by atoms with Crippen molar-refractivity contribution in [3.63, 3.8) is 0 Å². The van der Waals surface area contributed by atoms with E-state index in [4.69, 9.17) is 4.74 Å². The number of aromatic nitrogens is 5. The first-order valence-corrected chi connectivity index (χ1v) is 14.1. The Kier molecular flexibility index (Phi) is 6.33. The average molecular weight is 562 g/mol. The summed E-state index contributed by atoms with van der Waals surface area (Å²) in [6.45, 7) is 2.64. The number of anilines is 1. The number of pyridine rings is 1. The Morgan fingerprint density at radius 1 is 1.17 bits per heavy atom. The molecule has 1 spiro atoms. The van der Waals surface area contributed by atoms with Crippen LogP contribution in [0.5, 0.6) is 5.88 Å². The third-order valence-electron chi connectivity index (χ3n) is 8.83. The summed E-state index contributed by atoms with van der Waals surface area (Å²) in [4.78, 5) is 43.6. The zero-order valence-corrected chi connectivity index (χ0v) is 22.8. The fourth-order valence-electron chi connectivity index (χ4n) is 6.29. The zero-order chi connectivity index (χ0) is 28.1. The van der Waals surface area contributed by atoms with Crippen molar-refractivity contribution in [1.29, 1.82) is 0 Å². The maximum Gasteiger partial charge on any atom is 0.272 e. The zero-order valence-electron chi connectivity index (χ0n) is 22.8. The van der Waals surface area contributed by atoms with E-state index in [1.54, 1.807) is 6.07 Å². The molecule has 214 valence electrons. The predicted molar refractivity (Wildman–Crippen MR) is 145 cm³/mol. The lowest BCUT2D eigenvalue weighted by atomic mass is 9.88. The second-order valence-corrected chi connectivity index (χ2v) is 11.4. The molecule has 7 rings (SSSR count). The predicted octanol–water partition coefficient (Wildman–Crippen LogP) is 1.66. The summed E-state index contributed by atoms with van der Waals surface area (Å²) in [6.07, 6.45) is 8.77. The summed E-state index contributed by atoms with van der Waals surface area (Å²) in [5.74, 6) is -0.147. The Bertz CT molecular complexity index is 1470. The molecule has 12 nitrogen and oxygen atoms in total. The van der Waals surface area contributed by atoms with Crippen molar-refractivity contribution in [2.75, 3.05) is 31.6 Å². The minimum absolute atomic E-state index is 0.0371. The number of nitrogens with one attached hydrogen (secondary N) is 3. The highest BCUT2D eigenvalue weighted by atomic mass is 19.1. The van der Waals surface area contributed by atoms with Gasteiger partial charge in [-0.1, -0.05) is 0 Å². The third-order valence-corrected chi connectivity index (χ3v) is 8.83. The van der Waals surface area contributed by atoms with Crippen molar-refractivity contribution >= 4 is 17.5 Å². The molecule has 0 bridgehead atoms. The molecule has 2 saturated carbocycles. The molecule has 1 unspecified atom stereocenters. The van der Waals surface area contributed by atoms with Gasteiger partial charge in [-0.25, -0.2) is 19.3 Å². The topological polar surface area (TPSA) is 141 Å². The number of ether oxygens (including phenoxy) is 1. The van der Waals surface area contributed by atoms with Crippen LogP contribution in [0.2, 0.25) is 0 Å². The second-order valence-electron chi connectivity index (χ2n) is 11.4. The van der Waals surface area contributed by atoms with Gasteiger partial charge in [0.05, 0.1) is 43.6 Å². The Labute approximate surface area is 236 Å². The fraction of sp³-hybridized carbons (Fsp3) is 0.500. The number of halogens is 1. The number of hydrogen-bond donors (Lipinski definition) is 3. The maximum absolute atomic E-state index is 14.4. The lowest BCUT2D eigenvalue weighted by Crippen LogP contribution is -2.50. The molecule has 2 saturated heterocycles. The number of fused-ring (bicyclic) bond motifs is 1. The number of carbonyl (C=O) groups excluding carboxylic acids is 2. The quantitative estimate of drug-likeness (QED) is 0.393. The number of rotatable bonds is 7. The standard InChI is InChI=1S/C28H32FN9O3/c1-41-25-8-18(19(29)14-33-25)20-9-22(36-35-20)27(40)38-6-2-16(11-28(38)3-4-28)26(39)34-15-24-31-12-17(13-32-24)37-7-5-30-21-10-23(21)37/h8-9,12-14,16,21,23,30H,2-7,10-11,15H2,1H3,(H,34,39)(H,35,36)/t16?,21-,23+/m1/s1. The highest BCUT2D eigenvalue weighted by Gasteiger charge is 2.54. The van der Waals surface area contributed by atoms with Crippen LogP contribution in [0.4, 0.5) is 10.1 Å². The summed E-state index contributed by atoms with van der Waals surface area (Å²) < 4.78 is 19.5. The van der Waals surface area contributed by atoms with Crippen molar-refractivity contribution in [3.05, 3.63) is 48.1 Å². The van der Waals surface area contributed by atoms with Crippen molar-refractivity contribution in [1.82, 2.24) is 40.7 Å². The first-order valence-electron chi connectivity index (χ1n) is 14.1. The maximum atomic E-state index is 14.4. The van der Waals surface area contributed by atoms with Crippen molar-refractivity contribution in [2.45, 2.75) is 56.3 Å². The number of likely N-dealkylation sites (tertiary alicyclic amines) is 1. The van der Waals surface area contributed by atoms with Gasteiger partial charge in [-0.3, -0.25) is 14.7 Å². The van der Waals surface area contributed by atoms with E-state index in [9.17, 15) is 14.0 Å². The molecule has 4 aliphatic rings.